The molecule has 0 radical (unpaired) electrons. The highest BCUT2D eigenvalue weighted by atomic mass is 19.1. The van der Waals surface area contributed by atoms with Crippen LogP contribution in [-0.2, 0) is 20.7 Å². The summed E-state index contributed by atoms with van der Waals surface area (Å²) < 4.78 is 23.2. The van der Waals surface area contributed by atoms with Crippen molar-refractivity contribution in [1.29, 1.82) is 0 Å². The smallest absolute Gasteiger partial charge is 0.307 e. The minimum atomic E-state index is -0.638. The van der Waals surface area contributed by atoms with Crippen LogP contribution < -0.4 is 5.32 Å². The first kappa shape index (κ1) is 19.3. The first-order valence-corrected chi connectivity index (χ1v) is 8.68. The van der Waals surface area contributed by atoms with E-state index in [2.05, 4.69) is 15.2 Å². The molecular formula is C21H19FN2O4. The van der Waals surface area contributed by atoms with Gasteiger partial charge < -0.3 is 14.6 Å². The van der Waals surface area contributed by atoms with Gasteiger partial charge in [-0.3, -0.25) is 9.59 Å². The van der Waals surface area contributed by atoms with Gasteiger partial charge in [0.15, 0.2) is 5.76 Å². The summed E-state index contributed by atoms with van der Waals surface area (Å²) in [5.41, 5.74) is 1.93. The lowest BCUT2D eigenvalue weighted by molar-refractivity contribution is -0.141. The Labute approximate surface area is 161 Å². The fourth-order valence-electron chi connectivity index (χ4n) is 2.74. The normalized spacial score (nSPS) is 11.6. The van der Waals surface area contributed by atoms with Gasteiger partial charge in [-0.1, -0.05) is 47.6 Å². The van der Waals surface area contributed by atoms with E-state index in [0.29, 0.717) is 17.0 Å². The van der Waals surface area contributed by atoms with Crippen molar-refractivity contribution >= 4 is 11.9 Å². The number of nitrogens with zero attached hydrogens (tertiary/aromatic N) is 1. The standard InChI is InChI=1S/C21H19FN2O4/c1-27-21(26)13-18(14-7-9-16(22)10-8-14)23-20(25)12-17-11-19(28-24-17)15-5-3-2-4-6-15/h2-11,18H,12-13H2,1H3,(H,23,25)/t18-/m1/s1. The van der Waals surface area contributed by atoms with E-state index < -0.39 is 17.8 Å². The molecule has 0 fully saturated rings. The number of carbonyl (C=O) groups excluding carboxylic acids is 2. The number of methoxy groups -OCH3 is 1. The Morgan fingerprint density at radius 2 is 1.86 bits per heavy atom. The monoisotopic (exact) mass is 382 g/mol. The first-order chi connectivity index (χ1) is 13.5. The second kappa shape index (κ2) is 8.94. The summed E-state index contributed by atoms with van der Waals surface area (Å²) in [5.74, 6) is -0.662. The number of rotatable bonds is 7. The minimum absolute atomic E-state index is 0.0186. The average molecular weight is 382 g/mol. The maximum Gasteiger partial charge on any atom is 0.307 e. The van der Waals surface area contributed by atoms with Crippen LogP contribution in [0.5, 0.6) is 0 Å². The third-order valence-corrected chi connectivity index (χ3v) is 4.16. The molecule has 1 N–H and O–H groups in total. The van der Waals surface area contributed by atoms with Gasteiger partial charge in [-0.2, -0.15) is 0 Å². The van der Waals surface area contributed by atoms with E-state index in [1.54, 1.807) is 6.07 Å². The number of ether oxygens (including phenoxy) is 1. The van der Waals surface area contributed by atoms with Crippen LogP contribution in [0.25, 0.3) is 11.3 Å². The van der Waals surface area contributed by atoms with Crippen molar-refractivity contribution in [3.05, 3.63) is 77.7 Å². The van der Waals surface area contributed by atoms with Crippen LogP contribution in [0, 0.1) is 5.82 Å². The van der Waals surface area contributed by atoms with E-state index in [0.717, 1.165) is 5.56 Å². The van der Waals surface area contributed by atoms with E-state index in [4.69, 9.17) is 4.52 Å². The van der Waals surface area contributed by atoms with Crippen molar-refractivity contribution in [3.8, 4) is 11.3 Å². The third kappa shape index (κ3) is 5.03. The van der Waals surface area contributed by atoms with E-state index >= 15 is 0 Å². The number of hydrogen-bond donors (Lipinski definition) is 1. The molecule has 0 spiro atoms. The van der Waals surface area contributed by atoms with Gasteiger partial charge in [-0.15, -0.1) is 0 Å². The molecule has 0 aliphatic carbocycles. The van der Waals surface area contributed by atoms with Gasteiger partial charge in [-0.25, -0.2) is 4.39 Å². The fourth-order valence-corrected chi connectivity index (χ4v) is 2.74. The Morgan fingerprint density at radius 3 is 2.54 bits per heavy atom. The lowest BCUT2D eigenvalue weighted by atomic mass is 10.0. The molecule has 1 heterocycles. The van der Waals surface area contributed by atoms with Gasteiger partial charge in [0.25, 0.3) is 0 Å². The Bertz CT molecular complexity index is 939. The molecule has 1 atom stereocenters. The molecule has 6 nitrogen and oxygen atoms in total. The van der Waals surface area contributed by atoms with E-state index in [1.165, 1.54) is 31.4 Å². The summed E-state index contributed by atoms with van der Waals surface area (Å²) in [4.78, 5) is 24.1. The number of carbonyl (C=O) groups is 2. The molecule has 0 saturated heterocycles. The molecule has 1 aromatic heterocycles. The summed E-state index contributed by atoms with van der Waals surface area (Å²) in [6, 6.07) is 16.1. The molecule has 0 unspecified atom stereocenters. The van der Waals surface area contributed by atoms with Crippen molar-refractivity contribution < 1.29 is 23.2 Å². The maximum absolute atomic E-state index is 13.2. The van der Waals surface area contributed by atoms with Gasteiger partial charge in [0, 0.05) is 11.6 Å². The average Bonchev–Trinajstić information content (AvgIpc) is 3.17. The number of aromatic nitrogens is 1. The number of benzene rings is 2. The topological polar surface area (TPSA) is 81.4 Å². The zero-order chi connectivity index (χ0) is 19.9. The lowest BCUT2D eigenvalue weighted by Gasteiger charge is -2.18. The zero-order valence-corrected chi connectivity index (χ0v) is 15.2. The summed E-state index contributed by atoms with van der Waals surface area (Å²) in [6.07, 6.45) is -0.0862. The van der Waals surface area contributed by atoms with E-state index in [9.17, 15) is 14.0 Å². The van der Waals surface area contributed by atoms with Crippen LogP contribution in [0.4, 0.5) is 4.39 Å². The van der Waals surface area contributed by atoms with Crippen molar-refractivity contribution in [1.82, 2.24) is 10.5 Å². The molecule has 0 saturated carbocycles. The maximum atomic E-state index is 13.2. The van der Waals surface area contributed by atoms with Gasteiger partial charge in [-0.05, 0) is 17.7 Å². The van der Waals surface area contributed by atoms with Crippen LogP contribution in [0.3, 0.4) is 0 Å². The first-order valence-electron chi connectivity index (χ1n) is 8.68. The van der Waals surface area contributed by atoms with Gasteiger partial charge in [0.1, 0.15) is 5.82 Å². The molecule has 3 rings (SSSR count). The Balaban J connectivity index is 1.69. The molecule has 0 bridgehead atoms. The lowest BCUT2D eigenvalue weighted by Crippen LogP contribution is -2.31. The molecule has 144 valence electrons. The fraction of sp³-hybridized carbons (Fsp3) is 0.190. The van der Waals surface area contributed by atoms with Gasteiger partial charge in [0.2, 0.25) is 5.91 Å². The van der Waals surface area contributed by atoms with Crippen molar-refractivity contribution in [3.63, 3.8) is 0 Å². The third-order valence-electron chi connectivity index (χ3n) is 4.16. The van der Waals surface area contributed by atoms with Crippen molar-refractivity contribution in [2.24, 2.45) is 0 Å². The molecule has 2 aromatic carbocycles. The Morgan fingerprint density at radius 1 is 1.14 bits per heavy atom. The molecule has 28 heavy (non-hydrogen) atoms. The molecule has 0 aliphatic heterocycles. The molecule has 0 aliphatic rings. The highest BCUT2D eigenvalue weighted by Crippen LogP contribution is 2.21. The van der Waals surface area contributed by atoms with Crippen LogP contribution in [0.2, 0.25) is 0 Å². The predicted molar refractivity (Wildman–Crippen MR) is 99.6 cm³/mol. The summed E-state index contributed by atoms with van der Waals surface area (Å²) in [7, 11) is 1.27. The zero-order valence-electron chi connectivity index (χ0n) is 15.2. The number of esters is 1. The SMILES string of the molecule is COC(=O)C[C@@H](NC(=O)Cc1cc(-c2ccccc2)on1)c1ccc(F)cc1. The summed E-state index contributed by atoms with van der Waals surface area (Å²) in [5, 5.41) is 6.70. The minimum Gasteiger partial charge on any atom is -0.469 e. The van der Waals surface area contributed by atoms with Crippen LogP contribution in [0.1, 0.15) is 23.7 Å². The number of nitrogens with one attached hydrogen (secondary N) is 1. The van der Waals surface area contributed by atoms with E-state index in [-0.39, 0.29) is 18.7 Å². The van der Waals surface area contributed by atoms with Crippen LogP contribution >= 0.6 is 0 Å². The second-order valence-electron chi connectivity index (χ2n) is 6.18. The molecule has 1 amide bonds. The predicted octanol–water partition coefficient (Wildman–Crippen LogP) is 3.44. The van der Waals surface area contributed by atoms with Crippen molar-refractivity contribution in [2.75, 3.05) is 7.11 Å². The van der Waals surface area contributed by atoms with E-state index in [1.807, 2.05) is 30.3 Å². The summed E-state index contributed by atoms with van der Waals surface area (Å²) in [6.45, 7) is 0. The molecule has 7 heteroatoms. The summed E-state index contributed by atoms with van der Waals surface area (Å²) >= 11 is 0. The van der Waals surface area contributed by atoms with Crippen LogP contribution in [0.15, 0.2) is 65.2 Å². The number of halogens is 1. The van der Waals surface area contributed by atoms with Crippen LogP contribution in [-0.4, -0.2) is 24.1 Å². The van der Waals surface area contributed by atoms with Crippen molar-refractivity contribution in [2.45, 2.75) is 18.9 Å². The quantitative estimate of drug-likeness (QED) is 0.633. The highest BCUT2D eigenvalue weighted by molar-refractivity contribution is 5.80. The Hall–Kier alpha value is -3.48. The number of hydrogen-bond acceptors (Lipinski definition) is 5. The molecular weight excluding hydrogens is 363 g/mol. The largest absolute Gasteiger partial charge is 0.469 e. The number of amides is 1. The Kier molecular flexibility index (Phi) is 6.16. The molecule has 3 aromatic rings. The highest BCUT2D eigenvalue weighted by Gasteiger charge is 2.20. The second-order valence-corrected chi connectivity index (χ2v) is 6.18. The van der Waals surface area contributed by atoms with Gasteiger partial charge in [0.05, 0.1) is 31.7 Å². The van der Waals surface area contributed by atoms with Gasteiger partial charge >= 0.3 is 5.97 Å².